The van der Waals surface area contributed by atoms with Gasteiger partial charge in [0.05, 0.1) is 0 Å². The van der Waals surface area contributed by atoms with Crippen LogP contribution in [0.15, 0.2) is 30.3 Å². The predicted molar refractivity (Wildman–Crippen MR) is 80.3 cm³/mol. The summed E-state index contributed by atoms with van der Waals surface area (Å²) < 4.78 is 5.34. The highest BCUT2D eigenvalue weighted by Crippen LogP contribution is 2.29. The molecule has 1 atom stereocenters. The molecule has 0 bridgehead atoms. The van der Waals surface area contributed by atoms with E-state index in [-0.39, 0.29) is 24.4 Å². The van der Waals surface area contributed by atoms with Gasteiger partial charge in [0, 0.05) is 5.92 Å². The number of esters is 1. The van der Waals surface area contributed by atoms with E-state index < -0.39 is 6.04 Å². The summed E-state index contributed by atoms with van der Waals surface area (Å²) in [6.07, 6.45) is 2.46. The molecule has 1 aliphatic carbocycles. The van der Waals surface area contributed by atoms with Crippen molar-refractivity contribution in [2.75, 3.05) is 0 Å². The zero-order chi connectivity index (χ0) is 15.2. The topological polar surface area (TPSA) is 55.4 Å². The van der Waals surface area contributed by atoms with Crippen molar-refractivity contribution in [3.8, 4) is 0 Å². The van der Waals surface area contributed by atoms with Gasteiger partial charge in [0.1, 0.15) is 12.6 Å². The van der Waals surface area contributed by atoms with Crippen molar-refractivity contribution in [1.82, 2.24) is 5.32 Å². The van der Waals surface area contributed by atoms with E-state index in [1.54, 1.807) is 0 Å². The first kappa shape index (κ1) is 15.5. The molecule has 2 rings (SSSR count). The second kappa shape index (κ2) is 7.25. The standard InChI is InChI=1S/C17H23NO3/c1-12(2)10-15(18-16(19)14-8-9-14)17(20)21-11-13-6-4-3-5-7-13/h3-7,12,14-15H,8-11H2,1-2H3,(H,18,19)/t15-/m0/s1. The summed E-state index contributed by atoms with van der Waals surface area (Å²) in [7, 11) is 0. The lowest BCUT2D eigenvalue weighted by Gasteiger charge is -2.19. The van der Waals surface area contributed by atoms with Crippen LogP contribution in [0, 0.1) is 11.8 Å². The van der Waals surface area contributed by atoms with Crippen LogP contribution in [-0.2, 0) is 20.9 Å². The van der Waals surface area contributed by atoms with E-state index >= 15 is 0 Å². The lowest BCUT2D eigenvalue weighted by Crippen LogP contribution is -2.43. The largest absolute Gasteiger partial charge is 0.459 e. The molecule has 0 saturated heterocycles. The lowest BCUT2D eigenvalue weighted by atomic mass is 10.0. The molecular weight excluding hydrogens is 266 g/mol. The highest BCUT2D eigenvalue weighted by molar-refractivity contribution is 5.86. The first-order chi connectivity index (χ1) is 10.1. The number of rotatable bonds is 7. The molecule has 0 aromatic heterocycles. The minimum Gasteiger partial charge on any atom is -0.459 e. The second-order valence-electron chi connectivity index (χ2n) is 6.06. The van der Waals surface area contributed by atoms with Gasteiger partial charge in [-0.05, 0) is 30.7 Å². The number of ether oxygens (including phenoxy) is 1. The van der Waals surface area contributed by atoms with Crippen LogP contribution in [0.1, 0.15) is 38.7 Å². The molecule has 1 amide bonds. The van der Waals surface area contributed by atoms with E-state index in [1.165, 1.54) is 0 Å². The van der Waals surface area contributed by atoms with Gasteiger partial charge in [-0.15, -0.1) is 0 Å². The van der Waals surface area contributed by atoms with Crippen molar-refractivity contribution >= 4 is 11.9 Å². The molecule has 114 valence electrons. The van der Waals surface area contributed by atoms with Crippen molar-refractivity contribution in [3.63, 3.8) is 0 Å². The Labute approximate surface area is 125 Å². The van der Waals surface area contributed by atoms with Crippen molar-refractivity contribution in [3.05, 3.63) is 35.9 Å². The molecule has 0 heterocycles. The molecule has 0 radical (unpaired) electrons. The van der Waals surface area contributed by atoms with Crippen LogP contribution in [0.5, 0.6) is 0 Å². The average Bonchev–Trinajstić information content (AvgIpc) is 3.29. The smallest absolute Gasteiger partial charge is 0.328 e. The molecule has 1 fully saturated rings. The fourth-order valence-corrected chi connectivity index (χ4v) is 2.15. The third-order valence-corrected chi connectivity index (χ3v) is 3.48. The second-order valence-corrected chi connectivity index (χ2v) is 6.06. The van der Waals surface area contributed by atoms with Gasteiger partial charge in [0.15, 0.2) is 0 Å². The van der Waals surface area contributed by atoms with Crippen LogP contribution < -0.4 is 5.32 Å². The molecule has 21 heavy (non-hydrogen) atoms. The Morgan fingerprint density at radius 2 is 1.90 bits per heavy atom. The summed E-state index contributed by atoms with van der Waals surface area (Å²) in [4.78, 5) is 24.1. The molecule has 1 saturated carbocycles. The van der Waals surface area contributed by atoms with Gasteiger partial charge in [0.2, 0.25) is 5.91 Å². The predicted octanol–water partition coefficient (Wildman–Crippen LogP) is 2.67. The highest BCUT2D eigenvalue weighted by atomic mass is 16.5. The average molecular weight is 289 g/mol. The van der Waals surface area contributed by atoms with Crippen LogP contribution in [0.25, 0.3) is 0 Å². The van der Waals surface area contributed by atoms with Crippen LogP contribution in [0.3, 0.4) is 0 Å². The van der Waals surface area contributed by atoms with Crippen molar-refractivity contribution in [2.45, 2.75) is 45.8 Å². The Balaban J connectivity index is 1.88. The summed E-state index contributed by atoms with van der Waals surface area (Å²) >= 11 is 0. The van der Waals surface area contributed by atoms with Gasteiger partial charge in [0.25, 0.3) is 0 Å². The third kappa shape index (κ3) is 5.21. The minimum absolute atomic E-state index is 0.0164. The number of nitrogens with one attached hydrogen (secondary N) is 1. The maximum absolute atomic E-state index is 12.2. The quantitative estimate of drug-likeness (QED) is 0.785. The van der Waals surface area contributed by atoms with E-state index in [2.05, 4.69) is 5.32 Å². The molecule has 0 unspecified atom stereocenters. The maximum atomic E-state index is 12.2. The summed E-state index contributed by atoms with van der Waals surface area (Å²) in [6.45, 7) is 4.30. The summed E-state index contributed by atoms with van der Waals surface area (Å²) in [6, 6.07) is 9.01. The number of carbonyl (C=O) groups is 2. The summed E-state index contributed by atoms with van der Waals surface area (Å²) in [5.74, 6) is 0.0548. The van der Waals surface area contributed by atoms with Gasteiger partial charge in [-0.1, -0.05) is 44.2 Å². The summed E-state index contributed by atoms with van der Waals surface area (Å²) in [5, 5.41) is 2.83. The molecule has 0 aliphatic heterocycles. The zero-order valence-corrected chi connectivity index (χ0v) is 12.7. The number of carbonyl (C=O) groups excluding carboxylic acids is 2. The monoisotopic (exact) mass is 289 g/mol. The fraction of sp³-hybridized carbons (Fsp3) is 0.529. The van der Waals surface area contributed by atoms with Crippen molar-refractivity contribution in [1.29, 1.82) is 0 Å². The first-order valence-corrected chi connectivity index (χ1v) is 7.57. The zero-order valence-electron chi connectivity index (χ0n) is 12.7. The van der Waals surface area contributed by atoms with Gasteiger partial charge in [-0.2, -0.15) is 0 Å². The molecule has 1 aromatic rings. The molecule has 4 nitrogen and oxygen atoms in total. The Morgan fingerprint density at radius 1 is 1.24 bits per heavy atom. The van der Waals surface area contributed by atoms with Crippen LogP contribution in [-0.4, -0.2) is 17.9 Å². The number of hydrogen-bond acceptors (Lipinski definition) is 3. The van der Waals surface area contributed by atoms with E-state index in [9.17, 15) is 9.59 Å². The number of benzene rings is 1. The Bertz CT molecular complexity index is 480. The minimum atomic E-state index is -0.540. The molecule has 1 aliphatic rings. The van der Waals surface area contributed by atoms with E-state index in [0.29, 0.717) is 12.3 Å². The van der Waals surface area contributed by atoms with Gasteiger partial charge < -0.3 is 10.1 Å². The Kier molecular flexibility index (Phi) is 5.37. The molecule has 0 spiro atoms. The number of amides is 1. The maximum Gasteiger partial charge on any atom is 0.328 e. The third-order valence-electron chi connectivity index (χ3n) is 3.48. The fourth-order valence-electron chi connectivity index (χ4n) is 2.15. The first-order valence-electron chi connectivity index (χ1n) is 7.57. The molecule has 4 heteroatoms. The molecular formula is C17H23NO3. The van der Waals surface area contributed by atoms with E-state index in [4.69, 9.17) is 4.74 Å². The lowest BCUT2D eigenvalue weighted by molar-refractivity contribution is -0.149. The van der Waals surface area contributed by atoms with Gasteiger partial charge >= 0.3 is 5.97 Å². The molecule has 1 aromatic carbocycles. The van der Waals surface area contributed by atoms with E-state index in [1.807, 2.05) is 44.2 Å². The SMILES string of the molecule is CC(C)C[C@H](NC(=O)C1CC1)C(=O)OCc1ccccc1. The Hall–Kier alpha value is -1.84. The highest BCUT2D eigenvalue weighted by Gasteiger charge is 2.33. The normalized spacial score (nSPS) is 15.6. The van der Waals surface area contributed by atoms with Crippen molar-refractivity contribution in [2.24, 2.45) is 11.8 Å². The van der Waals surface area contributed by atoms with E-state index in [0.717, 1.165) is 18.4 Å². The Morgan fingerprint density at radius 3 is 2.48 bits per heavy atom. The van der Waals surface area contributed by atoms with Gasteiger partial charge in [-0.25, -0.2) is 4.79 Å². The van der Waals surface area contributed by atoms with Crippen molar-refractivity contribution < 1.29 is 14.3 Å². The van der Waals surface area contributed by atoms with Crippen LogP contribution in [0.2, 0.25) is 0 Å². The summed E-state index contributed by atoms with van der Waals surface area (Å²) in [5.41, 5.74) is 0.947. The van der Waals surface area contributed by atoms with Crippen LogP contribution in [0.4, 0.5) is 0 Å². The molecule has 1 N–H and O–H groups in total. The van der Waals surface area contributed by atoms with Gasteiger partial charge in [-0.3, -0.25) is 4.79 Å². The number of hydrogen-bond donors (Lipinski definition) is 1. The van der Waals surface area contributed by atoms with Crippen LogP contribution >= 0.6 is 0 Å².